The van der Waals surface area contributed by atoms with E-state index in [4.69, 9.17) is 4.74 Å². The van der Waals surface area contributed by atoms with Gasteiger partial charge < -0.3 is 19.9 Å². The van der Waals surface area contributed by atoms with Crippen LogP contribution in [0.2, 0.25) is 0 Å². The first-order valence-electron chi connectivity index (χ1n) is 10.6. The third-order valence-corrected chi connectivity index (χ3v) is 6.66. The molecular weight excluding hydrogens is 435 g/mol. The molecule has 1 aromatic carbocycles. The van der Waals surface area contributed by atoms with Gasteiger partial charge in [0.05, 0.1) is 24.8 Å². The van der Waals surface area contributed by atoms with Crippen molar-refractivity contribution in [3.63, 3.8) is 0 Å². The summed E-state index contributed by atoms with van der Waals surface area (Å²) in [7, 11) is 0. The minimum absolute atomic E-state index is 0. The first-order chi connectivity index (χ1) is 14.2. The highest BCUT2D eigenvalue weighted by molar-refractivity contribution is 5.94. The van der Waals surface area contributed by atoms with Crippen molar-refractivity contribution >= 4 is 36.5 Å². The molecule has 5 rings (SSSR count). The standard InChI is InChI=1S/C23H28N4O2.2ClH/c1-16-4-2-3-5-19(16)22-20-14-24-12-18(20)15-27(22)23(28)17-6-7-21(25-13-17)26-8-10-29-11-9-26;;/h2-7,13,18,20,22,24H,8-12,14-15H2,1H3;2*1H/t18-,20-,22+;;/m0../s1. The van der Waals surface area contributed by atoms with Gasteiger partial charge in [0.25, 0.3) is 5.91 Å². The molecule has 3 atom stereocenters. The quantitative estimate of drug-likeness (QED) is 0.755. The maximum absolute atomic E-state index is 13.5. The van der Waals surface area contributed by atoms with E-state index in [-0.39, 0.29) is 36.8 Å². The van der Waals surface area contributed by atoms with E-state index in [1.807, 2.05) is 12.1 Å². The van der Waals surface area contributed by atoms with Crippen molar-refractivity contribution in [2.24, 2.45) is 11.8 Å². The highest BCUT2D eigenvalue weighted by atomic mass is 35.5. The molecule has 168 valence electrons. The smallest absolute Gasteiger partial charge is 0.255 e. The van der Waals surface area contributed by atoms with Crippen LogP contribution in [0.4, 0.5) is 5.82 Å². The van der Waals surface area contributed by atoms with E-state index in [1.165, 1.54) is 11.1 Å². The maximum Gasteiger partial charge on any atom is 0.255 e. The molecular formula is C23H30Cl2N4O2. The minimum Gasteiger partial charge on any atom is -0.378 e. The van der Waals surface area contributed by atoms with Crippen molar-refractivity contribution in [2.45, 2.75) is 13.0 Å². The Labute approximate surface area is 196 Å². The van der Waals surface area contributed by atoms with Gasteiger partial charge in [-0.3, -0.25) is 4.79 Å². The molecule has 31 heavy (non-hydrogen) atoms. The summed E-state index contributed by atoms with van der Waals surface area (Å²) in [6, 6.07) is 12.5. The van der Waals surface area contributed by atoms with Crippen LogP contribution in [-0.4, -0.2) is 61.7 Å². The van der Waals surface area contributed by atoms with Crippen molar-refractivity contribution in [2.75, 3.05) is 50.8 Å². The molecule has 0 aliphatic carbocycles. The van der Waals surface area contributed by atoms with Crippen LogP contribution in [0.25, 0.3) is 0 Å². The van der Waals surface area contributed by atoms with Gasteiger partial charge in [-0.25, -0.2) is 4.98 Å². The van der Waals surface area contributed by atoms with Crippen molar-refractivity contribution in [1.82, 2.24) is 15.2 Å². The topological polar surface area (TPSA) is 57.7 Å². The molecule has 1 amide bonds. The van der Waals surface area contributed by atoms with Gasteiger partial charge in [0.1, 0.15) is 5.82 Å². The fourth-order valence-electron chi connectivity index (χ4n) is 5.10. The first-order valence-corrected chi connectivity index (χ1v) is 10.6. The molecule has 2 aromatic rings. The number of carbonyl (C=O) groups is 1. The van der Waals surface area contributed by atoms with Gasteiger partial charge in [0.15, 0.2) is 0 Å². The summed E-state index contributed by atoms with van der Waals surface area (Å²) in [6.45, 7) is 8.06. The lowest BCUT2D eigenvalue weighted by molar-refractivity contribution is 0.0713. The number of morpholine rings is 1. The zero-order valence-corrected chi connectivity index (χ0v) is 19.3. The lowest BCUT2D eigenvalue weighted by Gasteiger charge is -2.30. The number of benzene rings is 1. The molecule has 4 heterocycles. The molecule has 3 saturated heterocycles. The molecule has 1 aromatic heterocycles. The van der Waals surface area contributed by atoms with E-state index in [2.05, 4.69) is 51.3 Å². The number of nitrogens with zero attached hydrogens (tertiary/aromatic N) is 3. The predicted molar refractivity (Wildman–Crippen MR) is 127 cm³/mol. The highest BCUT2D eigenvalue weighted by Gasteiger charge is 2.47. The number of ether oxygens (including phenoxy) is 1. The van der Waals surface area contributed by atoms with E-state index in [1.54, 1.807) is 6.20 Å². The Morgan fingerprint density at radius 3 is 2.58 bits per heavy atom. The first kappa shape index (κ1) is 23.8. The number of anilines is 1. The van der Waals surface area contributed by atoms with Gasteiger partial charge in [0, 0.05) is 44.8 Å². The summed E-state index contributed by atoms with van der Waals surface area (Å²) in [5.41, 5.74) is 3.20. The largest absolute Gasteiger partial charge is 0.378 e. The van der Waals surface area contributed by atoms with E-state index in [0.29, 0.717) is 17.4 Å². The van der Waals surface area contributed by atoms with Crippen molar-refractivity contribution < 1.29 is 9.53 Å². The molecule has 1 N–H and O–H groups in total. The highest BCUT2D eigenvalue weighted by Crippen LogP contribution is 2.44. The van der Waals surface area contributed by atoms with Gasteiger partial charge in [-0.1, -0.05) is 24.3 Å². The Kier molecular flexibility index (Phi) is 7.81. The van der Waals surface area contributed by atoms with Crippen LogP contribution in [0.3, 0.4) is 0 Å². The number of amides is 1. The van der Waals surface area contributed by atoms with Crippen LogP contribution in [0.5, 0.6) is 0 Å². The summed E-state index contributed by atoms with van der Waals surface area (Å²) in [6.07, 6.45) is 1.74. The number of halogens is 2. The molecule has 0 radical (unpaired) electrons. The summed E-state index contributed by atoms with van der Waals surface area (Å²) < 4.78 is 5.41. The number of aryl methyl sites for hydroxylation is 1. The number of pyridine rings is 1. The molecule has 0 spiro atoms. The average Bonchev–Trinajstić information content (AvgIpc) is 3.36. The van der Waals surface area contributed by atoms with E-state index in [9.17, 15) is 4.79 Å². The minimum atomic E-state index is 0. The van der Waals surface area contributed by atoms with Crippen molar-refractivity contribution in [3.05, 3.63) is 59.3 Å². The lowest BCUT2D eigenvalue weighted by Crippen LogP contribution is -2.37. The van der Waals surface area contributed by atoms with Crippen molar-refractivity contribution in [3.8, 4) is 0 Å². The van der Waals surface area contributed by atoms with Crippen LogP contribution < -0.4 is 10.2 Å². The second-order valence-electron chi connectivity index (χ2n) is 8.35. The van der Waals surface area contributed by atoms with Gasteiger partial charge in [-0.15, -0.1) is 24.8 Å². The van der Waals surface area contributed by atoms with Crippen LogP contribution in [-0.2, 0) is 4.74 Å². The zero-order chi connectivity index (χ0) is 19.8. The molecule has 3 aliphatic rings. The third kappa shape index (κ3) is 4.53. The second-order valence-corrected chi connectivity index (χ2v) is 8.35. The van der Waals surface area contributed by atoms with E-state index >= 15 is 0 Å². The maximum atomic E-state index is 13.5. The summed E-state index contributed by atoms with van der Waals surface area (Å²) in [5.74, 6) is 2.00. The van der Waals surface area contributed by atoms with Crippen LogP contribution in [0, 0.1) is 18.8 Å². The average molecular weight is 465 g/mol. The predicted octanol–water partition coefficient (Wildman–Crippen LogP) is 3.10. The zero-order valence-electron chi connectivity index (χ0n) is 17.7. The van der Waals surface area contributed by atoms with Crippen molar-refractivity contribution in [1.29, 1.82) is 0 Å². The number of nitrogens with one attached hydrogen (secondary N) is 1. The Morgan fingerprint density at radius 1 is 1.10 bits per heavy atom. The molecule has 3 aliphatic heterocycles. The Morgan fingerprint density at radius 2 is 1.87 bits per heavy atom. The number of hydrogen-bond donors (Lipinski definition) is 1. The normalized spacial score (nSPS) is 24.9. The third-order valence-electron chi connectivity index (χ3n) is 6.66. The Bertz CT molecular complexity index is 889. The SMILES string of the molecule is Cc1ccccc1[C@@H]1[C@H]2CNC[C@H]2CN1C(=O)c1ccc(N2CCOCC2)nc1.Cl.Cl. The number of carbonyl (C=O) groups excluding carboxylic acids is 1. The van der Waals surface area contributed by atoms with Gasteiger partial charge in [0.2, 0.25) is 0 Å². The van der Waals surface area contributed by atoms with E-state index in [0.717, 1.165) is 51.8 Å². The number of likely N-dealkylation sites (tertiary alicyclic amines) is 1. The van der Waals surface area contributed by atoms with Gasteiger partial charge >= 0.3 is 0 Å². The fourth-order valence-corrected chi connectivity index (χ4v) is 5.10. The van der Waals surface area contributed by atoms with Gasteiger partial charge in [-0.05, 0) is 36.1 Å². The fraction of sp³-hybridized carbons (Fsp3) is 0.478. The summed E-state index contributed by atoms with van der Waals surface area (Å²) >= 11 is 0. The molecule has 0 saturated carbocycles. The monoisotopic (exact) mass is 464 g/mol. The Hall–Kier alpha value is -1.86. The summed E-state index contributed by atoms with van der Waals surface area (Å²) in [5, 5.41) is 3.52. The molecule has 6 nitrogen and oxygen atoms in total. The number of hydrogen-bond acceptors (Lipinski definition) is 5. The van der Waals surface area contributed by atoms with Crippen LogP contribution in [0.15, 0.2) is 42.6 Å². The number of rotatable bonds is 3. The summed E-state index contributed by atoms with van der Waals surface area (Å²) in [4.78, 5) is 22.4. The second kappa shape index (κ2) is 10.2. The molecule has 0 unspecified atom stereocenters. The molecule has 8 heteroatoms. The van der Waals surface area contributed by atoms with E-state index < -0.39 is 0 Å². The van der Waals surface area contributed by atoms with Crippen LogP contribution >= 0.6 is 24.8 Å². The molecule has 3 fully saturated rings. The Balaban J connectivity index is 0.00000136. The van der Waals surface area contributed by atoms with Gasteiger partial charge in [-0.2, -0.15) is 0 Å². The lowest BCUT2D eigenvalue weighted by atomic mass is 9.87. The number of aromatic nitrogens is 1. The van der Waals surface area contributed by atoms with Crippen LogP contribution in [0.1, 0.15) is 27.5 Å². The number of fused-ring (bicyclic) bond motifs is 1. The molecule has 0 bridgehead atoms.